The maximum atomic E-state index is 12.8. The molecule has 0 unspecified atom stereocenters. The highest BCUT2D eigenvalue weighted by Crippen LogP contribution is 2.26. The number of aromatic nitrogens is 3. The van der Waals surface area contributed by atoms with Crippen molar-refractivity contribution in [2.24, 2.45) is 5.92 Å². The number of aliphatic hydroxyl groups is 1. The summed E-state index contributed by atoms with van der Waals surface area (Å²) in [6.45, 7) is 10.2. The Balaban J connectivity index is 0.000000384. The molecule has 1 amide bonds. The highest BCUT2D eigenvalue weighted by molar-refractivity contribution is 5.92. The Hall–Kier alpha value is -3.50. The van der Waals surface area contributed by atoms with Gasteiger partial charge in [-0.15, -0.1) is 23.0 Å². The summed E-state index contributed by atoms with van der Waals surface area (Å²) in [6.07, 6.45) is 13.8. The molecular formula is C29H38N4O3. The number of likely N-dealkylation sites (tertiary alicyclic amines) is 1. The highest BCUT2D eigenvalue weighted by Gasteiger charge is 2.23. The van der Waals surface area contributed by atoms with Crippen molar-refractivity contribution in [1.29, 1.82) is 0 Å². The number of hydrogen-bond donors (Lipinski definition) is 1. The van der Waals surface area contributed by atoms with Crippen LogP contribution < -0.4 is 0 Å². The molecule has 1 N–H and O–H groups in total. The highest BCUT2D eigenvalue weighted by atomic mass is 16.3. The first-order valence-electron chi connectivity index (χ1n) is 12.5. The van der Waals surface area contributed by atoms with Crippen molar-refractivity contribution in [2.45, 2.75) is 65.9 Å². The van der Waals surface area contributed by atoms with E-state index in [1.54, 1.807) is 6.26 Å². The lowest BCUT2D eigenvalue weighted by Gasteiger charge is -2.26. The number of carbonyl (C=O) groups excluding carboxylic acids is 1. The minimum absolute atomic E-state index is 0.0240. The van der Waals surface area contributed by atoms with Crippen LogP contribution in [-0.4, -0.2) is 44.2 Å². The van der Waals surface area contributed by atoms with Gasteiger partial charge in [0.15, 0.2) is 11.4 Å². The minimum Gasteiger partial charge on any atom is -0.443 e. The van der Waals surface area contributed by atoms with Crippen LogP contribution in [0.4, 0.5) is 0 Å². The Bertz CT molecular complexity index is 1080. The first-order valence-corrected chi connectivity index (χ1v) is 12.5. The summed E-state index contributed by atoms with van der Waals surface area (Å²) >= 11 is 0. The smallest absolute Gasteiger partial charge is 0.274 e. The molecule has 192 valence electrons. The molecule has 1 aliphatic rings. The molecule has 0 aliphatic carbocycles. The standard InChI is InChI=1S/C20H28N4O2.C7H8O.C2H2/c1-13(2)10-15-11-16(20(25)24-8-6-5-7-9-24)22-23-18(15)19-21-17(12-26-19)14(3)4;8-6-7-4-2-1-3-5-7;1-2/h11-14H,5-10H2,1-4H3;1-5,8H,6H2;1-2H. The number of piperidine rings is 1. The third-order valence-corrected chi connectivity index (χ3v) is 5.70. The zero-order chi connectivity index (χ0) is 26.5. The molecule has 1 saturated heterocycles. The SMILES string of the molecule is C#C.CC(C)Cc1cc(C(=O)N2CCCCC2)nnc1-c1nc(C(C)C)co1.OCc1ccccc1. The predicted octanol–water partition coefficient (Wildman–Crippen LogP) is 5.51. The fourth-order valence-electron chi connectivity index (χ4n) is 3.81. The molecule has 7 nitrogen and oxygen atoms in total. The van der Waals surface area contributed by atoms with Gasteiger partial charge in [0.25, 0.3) is 5.91 Å². The molecule has 3 heterocycles. The van der Waals surface area contributed by atoms with Crippen LogP contribution in [0, 0.1) is 18.8 Å². The zero-order valence-corrected chi connectivity index (χ0v) is 21.9. The molecule has 0 bridgehead atoms. The molecule has 0 atom stereocenters. The van der Waals surface area contributed by atoms with Gasteiger partial charge >= 0.3 is 0 Å². The van der Waals surface area contributed by atoms with E-state index in [9.17, 15) is 4.79 Å². The van der Waals surface area contributed by atoms with E-state index in [1.807, 2.05) is 41.3 Å². The van der Waals surface area contributed by atoms with Crippen molar-refractivity contribution in [1.82, 2.24) is 20.1 Å². The summed E-state index contributed by atoms with van der Waals surface area (Å²) in [5, 5.41) is 17.1. The van der Waals surface area contributed by atoms with Crippen LogP contribution in [-0.2, 0) is 13.0 Å². The van der Waals surface area contributed by atoms with E-state index in [4.69, 9.17) is 9.52 Å². The Labute approximate surface area is 215 Å². The second-order valence-corrected chi connectivity index (χ2v) is 9.43. The van der Waals surface area contributed by atoms with Gasteiger partial charge in [-0.25, -0.2) is 4.98 Å². The maximum Gasteiger partial charge on any atom is 0.274 e. The van der Waals surface area contributed by atoms with E-state index in [0.29, 0.717) is 23.2 Å². The molecule has 0 spiro atoms. The Morgan fingerprint density at radius 1 is 1.06 bits per heavy atom. The monoisotopic (exact) mass is 490 g/mol. The Morgan fingerprint density at radius 2 is 1.72 bits per heavy atom. The number of hydrogen-bond acceptors (Lipinski definition) is 6. The van der Waals surface area contributed by atoms with Gasteiger partial charge in [0, 0.05) is 13.1 Å². The topological polar surface area (TPSA) is 92.4 Å². The van der Waals surface area contributed by atoms with Gasteiger partial charge in [-0.3, -0.25) is 4.79 Å². The number of terminal acetylenes is 1. The van der Waals surface area contributed by atoms with Crippen LogP contribution in [0.2, 0.25) is 0 Å². The average Bonchev–Trinajstić information content (AvgIpc) is 3.41. The number of aliphatic hydroxyl groups excluding tert-OH is 1. The number of amides is 1. The molecule has 1 aromatic carbocycles. The van der Waals surface area contributed by atoms with Gasteiger partial charge in [-0.05, 0) is 54.7 Å². The van der Waals surface area contributed by atoms with Crippen LogP contribution in [0.15, 0.2) is 47.1 Å². The molecule has 7 heteroatoms. The lowest BCUT2D eigenvalue weighted by Crippen LogP contribution is -2.36. The normalized spacial score (nSPS) is 13.0. The van der Waals surface area contributed by atoms with Gasteiger partial charge in [-0.1, -0.05) is 58.0 Å². The largest absolute Gasteiger partial charge is 0.443 e. The molecule has 36 heavy (non-hydrogen) atoms. The number of oxazole rings is 1. The fraction of sp³-hybridized carbons (Fsp3) is 0.448. The van der Waals surface area contributed by atoms with Crippen molar-refractivity contribution >= 4 is 5.91 Å². The summed E-state index contributed by atoms with van der Waals surface area (Å²) in [7, 11) is 0. The average molecular weight is 491 g/mol. The summed E-state index contributed by atoms with van der Waals surface area (Å²) in [5.41, 5.74) is 3.88. The van der Waals surface area contributed by atoms with Crippen molar-refractivity contribution in [3.63, 3.8) is 0 Å². The van der Waals surface area contributed by atoms with Gasteiger partial charge in [0.2, 0.25) is 5.89 Å². The third-order valence-electron chi connectivity index (χ3n) is 5.70. The van der Waals surface area contributed by atoms with Crippen LogP contribution in [0.25, 0.3) is 11.6 Å². The summed E-state index contributed by atoms with van der Waals surface area (Å²) < 4.78 is 5.64. The quantitative estimate of drug-likeness (QED) is 0.458. The lowest BCUT2D eigenvalue weighted by molar-refractivity contribution is 0.0717. The van der Waals surface area contributed by atoms with E-state index < -0.39 is 0 Å². The van der Waals surface area contributed by atoms with Crippen LogP contribution in [0.1, 0.15) is 80.2 Å². The first kappa shape index (κ1) is 28.7. The van der Waals surface area contributed by atoms with Gasteiger partial charge in [-0.2, -0.15) is 0 Å². The van der Waals surface area contributed by atoms with E-state index in [0.717, 1.165) is 49.2 Å². The number of nitrogens with zero attached hydrogens (tertiary/aromatic N) is 4. The minimum atomic E-state index is -0.0240. The van der Waals surface area contributed by atoms with Gasteiger partial charge in [0.1, 0.15) is 6.26 Å². The Morgan fingerprint density at radius 3 is 2.25 bits per heavy atom. The van der Waals surface area contributed by atoms with Gasteiger partial charge in [0.05, 0.1) is 12.3 Å². The van der Waals surface area contributed by atoms with Crippen LogP contribution in [0.5, 0.6) is 0 Å². The Kier molecular flexibility index (Phi) is 11.8. The first-order chi connectivity index (χ1) is 17.4. The summed E-state index contributed by atoms with van der Waals surface area (Å²) in [4.78, 5) is 19.2. The lowest BCUT2D eigenvalue weighted by atomic mass is 10.0. The molecular weight excluding hydrogens is 452 g/mol. The predicted molar refractivity (Wildman–Crippen MR) is 142 cm³/mol. The molecule has 3 aromatic rings. The molecule has 2 aromatic heterocycles. The van der Waals surface area contributed by atoms with Crippen LogP contribution in [0.3, 0.4) is 0 Å². The van der Waals surface area contributed by atoms with E-state index >= 15 is 0 Å². The van der Waals surface area contributed by atoms with Crippen molar-refractivity contribution in [3.8, 4) is 24.4 Å². The van der Waals surface area contributed by atoms with E-state index in [-0.39, 0.29) is 18.4 Å². The molecule has 0 saturated carbocycles. The molecule has 4 rings (SSSR count). The molecule has 1 fully saturated rings. The number of carbonyl (C=O) groups is 1. The molecule has 1 aliphatic heterocycles. The zero-order valence-electron chi connectivity index (χ0n) is 21.9. The van der Waals surface area contributed by atoms with Crippen molar-refractivity contribution in [2.75, 3.05) is 13.1 Å². The molecule has 0 radical (unpaired) electrons. The number of rotatable bonds is 6. The van der Waals surface area contributed by atoms with Gasteiger partial charge < -0.3 is 14.4 Å². The van der Waals surface area contributed by atoms with Crippen molar-refractivity contribution in [3.05, 3.63) is 65.2 Å². The fourth-order valence-corrected chi connectivity index (χ4v) is 3.81. The van der Waals surface area contributed by atoms with E-state index in [2.05, 4.69) is 55.7 Å². The van der Waals surface area contributed by atoms with E-state index in [1.165, 1.54) is 6.42 Å². The van der Waals surface area contributed by atoms with Crippen molar-refractivity contribution < 1.29 is 14.3 Å². The number of benzene rings is 1. The third kappa shape index (κ3) is 8.31. The second-order valence-electron chi connectivity index (χ2n) is 9.43. The maximum absolute atomic E-state index is 12.8. The summed E-state index contributed by atoms with van der Waals surface area (Å²) in [6, 6.07) is 11.4. The van der Waals surface area contributed by atoms with Crippen LogP contribution >= 0.6 is 0 Å². The second kappa shape index (κ2) is 14.8. The summed E-state index contributed by atoms with van der Waals surface area (Å²) in [5.74, 6) is 1.17.